The lowest BCUT2D eigenvalue weighted by molar-refractivity contribution is -0.124. The summed E-state index contributed by atoms with van der Waals surface area (Å²) in [6.07, 6.45) is 10.2. The fourth-order valence-corrected chi connectivity index (χ4v) is 2.64. The van der Waals surface area contributed by atoms with Gasteiger partial charge in [0.1, 0.15) is 0 Å². The van der Waals surface area contributed by atoms with Gasteiger partial charge in [-0.3, -0.25) is 4.79 Å². The Morgan fingerprint density at radius 1 is 1.35 bits per heavy atom. The van der Waals surface area contributed by atoms with E-state index in [1.807, 2.05) is 24.0 Å². The molecule has 1 amide bonds. The summed E-state index contributed by atoms with van der Waals surface area (Å²) in [5, 5.41) is 0. The van der Waals surface area contributed by atoms with Crippen LogP contribution in [0.5, 0.6) is 0 Å². The molecule has 0 aromatic rings. The fourth-order valence-electron chi connectivity index (χ4n) is 2.64. The van der Waals surface area contributed by atoms with Crippen molar-refractivity contribution in [2.45, 2.75) is 46.5 Å². The van der Waals surface area contributed by atoms with Crippen LogP contribution in [0.4, 0.5) is 0 Å². The molecular weight excluding hydrogens is 246 g/mol. The van der Waals surface area contributed by atoms with Crippen molar-refractivity contribution in [1.82, 2.24) is 4.90 Å². The molecule has 20 heavy (non-hydrogen) atoms. The van der Waals surface area contributed by atoms with Gasteiger partial charge in [0.25, 0.3) is 5.91 Å². The Bertz CT molecular complexity index is 442. The first-order valence-corrected chi connectivity index (χ1v) is 7.61. The minimum absolute atomic E-state index is 0.0838. The molecule has 1 rings (SSSR count). The van der Waals surface area contributed by atoms with Gasteiger partial charge in [-0.15, -0.1) is 0 Å². The highest BCUT2D eigenvalue weighted by atomic mass is 16.2. The lowest BCUT2D eigenvalue weighted by Crippen LogP contribution is -2.29. The van der Waals surface area contributed by atoms with Crippen molar-refractivity contribution in [3.63, 3.8) is 0 Å². The lowest BCUT2D eigenvalue weighted by Gasteiger charge is -2.23. The van der Waals surface area contributed by atoms with E-state index in [-0.39, 0.29) is 5.91 Å². The van der Waals surface area contributed by atoms with E-state index in [0.29, 0.717) is 5.92 Å². The van der Waals surface area contributed by atoms with Gasteiger partial charge in [0, 0.05) is 17.7 Å². The molecule has 1 atom stereocenters. The summed E-state index contributed by atoms with van der Waals surface area (Å²) in [6.45, 7) is 14.9. The molecule has 1 aliphatic heterocycles. The average molecular weight is 273 g/mol. The van der Waals surface area contributed by atoms with Crippen LogP contribution in [0.1, 0.15) is 46.5 Å². The van der Waals surface area contributed by atoms with Crippen LogP contribution in [0.25, 0.3) is 0 Å². The number of carbonyl (C=O) groups excluding carboxylic acids is 1. The van der Waals surface area contributed by atoms with E-state index in [0.717, 1.165) is 29.8 Å². The Kier molecular flexibility index (Phi) is 6.50. The third-order valence-corrected chi connectivity index (χ3v) is 3.95. The zero-order valence-electron chi connectivity index (χ0n) is 13.1. The summed E-state index contributed by atoms with van der Waals surface area (Å²) in [7, 11) is 0. The van der Waals surface area contributed by atoms with Crippen molar-refractivity contribution in [2.24, 2.45) is 5.92 Å². The molecule has 2 nitrogen and oxygen atoms in total. The molecular formula is C18H27NO. The van der Waals surface area contributed by atoms with E-state index in [9.17, 15) is 4.79 Å². The van der Waals surface area contributed by atoms with Crippen molar-refractivity contribution < 1.29 is 4.79 Å². The van der Waals surface area contributed by atoms with Gasteiger partial charge in [0.2, 0.25) is 0 Å². The van der Waals surface area contributed by atoms with Crippen LogP contribution in [0.15, 0.2) is 48.2 Å². The van der Waals surface area contributed by atoms with Crippen LogP contribution in [0.3, 0.4) is 0 Å². The van der Waals surface area contributed by atoms with Crippen LogP contribution >= 0.6 is 0 Å². The summed E-state index contributed by atoms with van der Waals surface area (Å²) < 4.78 is 0. The quantitative estimate of drug-likeness (QED) is 0.620. The van der Waals surface area contributed by atoms with Crippen LogP contribution in [0.2, 0.25) is 0 Å². The number of hydrogen-bond donors (Lipinski definition) is 0. The zero-order valence-corrected chi connectivity index (χ0v) is 13.1. The van der Waals surface area contributed by atoms with Crippen molar-refractivity contribution in [3.8, 4) is 0 Å². The van der Waals surface area contributed by atoms with Gasteiger partial charge >= 0.3 is 0 Å². The average Bonchev–Trinajstić information content (AvgIpc) is 2.67. The fraction of sp³-hybridized carbons (Fsp3) is 0.500. The number of likely N-dealkylation sites (tertiary alicyclic amines) is 1. The number of rotatable bonds is 7. The van der Waals surface area contributed by atoms with Crippen LogP contribution in [0, 0.1) is 5.92 Å². The minimum atomic E-state index is 0.0838. The molecule has 0 bridgehead atoms. The molecule has 0 saturated carbocycles. The predicted molar refractivity (Wildman–Crippen MR) is 86.2 cm³/mol. The molecule has 1 aliphatic rings. The van der Waals surface area contributed by atoms with E-state index in [4.69, 9.17) is 0 Å². The summed E-state index contributed by atoms with van der Waals surface area (Å²) in [6, 6.07) is 0. The molecule has 1 fully saturated rings. The van der Waals surface area contributed by atoms with Gasteiger partial charge in [-0.2, -0.15) is 0 Å². The Morgan fingerprint density at radius 2 is 2.05 bits per heavy atom. The molecule has 110 valence electrons. The maximum Gasteiger partial charge on any atom is 0.258 e. The van der Waals surface area contributed by atoms with E-state index in [1.54, 1.807) is 6.08 Å². The second-order valence-electron chi connectivity index (χ2n) is 5.30. The standard InChI is InChI=1S/C18H27NO/c1-6-10-12-15(8-3)13-19-17(11-7-2)14(5)16(9-4)18(19)20/h7,9,11,15H,2,5-6,8,10,12-13H2,1,3-4H3/b16-9-,17-11+. The number of unbranched alkanes of at least 4 members (excludes halogenated alkanes) is 1. The van der Waals surface area contributed by atoms with Gasteiger partial charge in [-0.25, -0.2) is 0 Å². The monoisotopic (exact) mass is 273 g/mol. The van der Waals surface area contributed by atoms with Gasteiger partial charge in [-0.1, -0.05) is 58.4 Å². The molecule has 1 heterocycles. The number of amides is 1. The van der Waals surface area contributed by atoms with Crippen molar-refractivity contribution in [2.75, 3.05) is 6.54 Å². The summed E-state index contributed by atoms with van der Waals surface area (Å²) >= 11 is 0. The normalized spacial score (nSPS) is 21.1. The highest BCUT2D eigenvalue weighted by Crippen LogP contribution is 2.33. The third-order valence-electron chi connectivity index (χ3n) is 3.95. The SMILES string of the molecule is C=C/C=C1\C(=C)/C(=C/C)C(=O)N1CC(CC)CCCC. The number of nitrogens with zero attached hydrogens (tertiary/aromatic N) is 1. The van der Waals surface area contributed by atoms with Gasteiger partial charge < -0.3 is 4.90 Å². The minimum Gasteiger partial charge on any atom is -0.307 e. The molecule has 1 saturated heterocycles. The molecule has 2 heteroatoms. The molecule has 0 N–H and O–H groups in total. The smallest absolute Gasteiger partial charge is 0.258 e. The van der Waals surface area contributed by atoms with E-state index < -0.39 is 0 Å². The maximum atomic E-state index is 12.5. The Balaban J connectivity index is 2.95. The number of allylic oxidation sites excluding steroid dienone is 4. The van der Waals surface area contributed by atoms with E-state index in [1.165, 1.54) is 19.3 Å². The van der Waals surface area contributed by atoms with Crippen LogP contribution in [-0.2, 0) is 4.79 Å². The Morgan fingerprint density at radius 3 is 2.55 bits per heavy atom. The largest absolute Gasteiger partial charge is 0.307 e. The van der Waals surface area contributed by atoms with Crippen LogP contribution in [-0.4, -0.2) is 17.4 Å². The summed E-state index contributed by atoms with van der Waals surface area (Å²) in [4.78, 5) is 14.4. The van der Waals surface area contributed by atoms with Crippen LogP contribution < -0.4 is 0 Å². The lowest BCUT2D eigenvalue weighted by atomic mass is 9.98. The number of hydrogen-bond acceptors (Lipinski definition) is 1. The highest BCUT2D eigenvalue weighted by Gasteiger charge is 2.34. The topological polar surface area (TPSA) is 20.3 Å². The van der Waals surface area contributed by atoms with E-state index in [2.05, 4.69) is 27.0 Å². The molecule has 0 aliphatic carbocycles. The molecule has 0 aromatic heterocycles. The first-order chi connectivity index (χ1) is 9.60. The Hall–Kier alpha value is -1.57. The second-order valence-corrected chi connectivity index (χ2v) is 5.30. The third kappa shape index (κ3) is 3.50. The van der Waals surface area contributed by atoms with Gasteiger partial charge in [-0.05, 0) is 25.3 Å². The first-order valence-electron chi connectivity index (χ1n) is 7.61. The van der Waals surface area contributed by atoms with Gasteiger partial charge in [0.05, 0.1) is 5.70 Å². The Labute approximate surface area is 123 Å². The van der Waals surface area contributed by atoms with Gasteiger partial charge in [0.15, 0.2) is 0 Å². The van der Waals surface area contributed by atoms with E-state index >= 15 is 0 Å². The zero-order chi connectivity index (χ0) is 15.1. The summed E-state index contributed by atoms with van der Waals surface area (Å²) in [5.41, 5.74) is 2.46. The highest BCUT2D eigenvalue weighted by molar-refractivity contribution is 6.04. The maximum absolute atomic E-state index is 12.5. The number of carbonyl (C=O) groups is 1. The van der Waals surface area contributed by atoms with Crippen molar-refractivity contribution in [3.05, 3.63) is 48.2 Å². The summed E-state index contributed by atoms with van der Waals surface area (Å²) in [5.74, 6) is 0.636. The molecule has 0 aromatic carbocycles. The first kappa shape index (κ1) is 16.5. The molecule has 1 unspecified atom stereocenters. The second kappa shape index (κ2) is 7.88. The molecule has 0 radical (unpaired) electrons. The predicted octanol–water partition coefficient (Wildman–Crippen LogP) is 4.62. The van der Waals surface area contributed by atoms with Crippen molar-refractivity contribution >= 4 is 5.91 Å². The van der Waals surface area contributed by atoms with Crippen molar-refractivity contribution in [1.29, 1.82) is 0 Å². The molecule has 0 spiro atoms.